The number of hydrogen-bond donors (Lipinski definition) is 2. The molecule has 13 heavy (non-hydrogen) atoms. The average Bonchev–Trinajstić information content (AvgIpc) is 2.27. The van der Waals surface area contributed by atoms with E-state index in [1.165, 1.54) is 4.90 Å². The van der Waals surface area contributed by atoms with Gasteiger partial charge in [0.1, 0.15) is 6.04 Å². The molecule has 2 heterocycles. The van der Waals surface area contributed by atoms with E-state index < -0.39 is 11.9 Å². The van der Waals surface area contributed by atoms with Crippen LogP contribution >= 0.6 is 0 Å². The SMILES string of the molecule is CC1=C[C@@H]2CN(C(=O)N2)[C@@H]1C(N)=O. The maximum Gasteiger partial charge on any atom is 0.318 e. The summed E-state index contributed by atoms with van der Waals surface area (Å²) in [5.74, 6) is -0.468. The molecule has 5 heteroatoms. The minimum Gasteiger partial charge on any atom is -0.368 e. The number of nitrogens with zero attached hydrogens (tertiary/aromatic N) is 1. The van der Waals surface area contributed by atoms with Crippen molar-refractivity contribution < 1.29 is 9.59 Å². The maximum atomic E-state index is 11.3. The molecular weight excluding hydrogens is 170 g/mol. The normalized spacial score (nSPS) is 31.3. The molecule has 0 radical (unpaired) electrons. The fourth-order valence-electron chi connectivity index (χ4n) is 1.93. The molecule has 0 unspecified atom stereocenters. The number of carbonyl (C=O) groups excluding carboxylic acids is 2. The number of fused-ring (bicyclic) bond motifs is 2. The molecule has 0 saturated carbocycles. The number of amides is 3. The number of hydrogen-bond acceptors (Lipinski definition) is 2. The molecule has 2 aliphatic heterocycles. The summed E-state index contributed by atoms with van der Waals surface area (Å²) in [5.41, 5.74) is 6.05. The molecule has 0 aromatic rings. The number of primary amides is 1. The van der Waals surface area contributed by atoms with Crippen molar-refractivity contribution in [3.05, 3.63) is 11.6 Å². The van der Waals surface area contributed by atoms with E-state index in [0.717, 1.165) is 5.57 Å². The van der Waals surface area contributed by atoms with Gasteiger partial charge in [-0.15, -0.1) is 0 Å². The van der Waals surface area contributed by atoms with Crippen molar-refractivity contribution in [2.24, 2.45) is 5.73 Å². The van der Waals surface area contributed by atoms with Gasteiger partial charge in [0.25, 0.3) is 0 Å². The molecule has 2 rings (SSSR count). The molecule has 70 valence electrons. The van der Waals surface area contributed by atoms with Gasteiger partial charge in [-0.25, -0.2) is 4.79 Å². The van der Waals surface area contributed by atoms with Crippen molar-refractivity contribution in [2.45, 2.75) is 19.0 Å². The van der Waals surface area contributed by atoms with Crippen LogP contribution in [0.25, 0.3) is 0 Å². The van der Waals surface area contributed by atoms with E-state index in [0.29, 0.717) is 6.54 Å². The van der Waals surface area contributed by atoms with Gasteiger partial charge in [0.05, 0.1) is 6.04 Å². The highest BCUT2D eigenvalue weighted by Crippen LogP contribution is 2.22. The van der Waals surface area contributed by atoms with Crippen molar-refractivity contribution in [1.82, 2.24) is 10.2 Å². The summed E-state index contributed by atoms with van der Waals surface area (Å²) in [6, 6.07) is -0.719. The molecular formula is C8H11N3O2. The van der Waals surface area contributed by atoms with Gasteiger partial charge in [-0.1, -0.05) is 6.08 Å². The van der Waals surface area contributed by atoms with Crippen LogP contribution in [0.1, 0.15) is 6.92 Å². The molecule has 0 aromatic carbocycles. The molecule has 0 aromatic heterocycles. The number of rotatable bonds is 1. The van der Waals surface area contributed by atoms with E-state index in [1.54, 1.807) is 0 Å². The standard InChI is InChI=1S/C8H11N3O2/c1-4-2-5-3-11(8(13)10-5)6(4)7(9)12/h2,5-6H,3H2,1H3,(H2,9,12)(H,10,13)/t5-,6+/m1/s1. The van der Waals surface area contributed by atoms with Crippen LogP contribution in [-0.2, 0) is 4.79 Å². The molecule has 3 N–H and O–H groups in total. The van der Waals surface area contributed by atoms with Gasteiger partial charge in [-0.3, -0.25) is 4.79 Å². The van der Waals surface area contributed by atoms with E-state index in [2.05, 4.69) is 5.32 Å². The lowest BCUT2D eigenvalue weighted by atomic mass is 10.0. The third kappa shape index (κ3) is 1.07. The molecule has 1 fully saturated rings. The molecule has 2 bridgehead atoms. The lowest BCUT2D eigenvalue weighted by Crippen LogP contribution is -2.48. The summed E-state index contributed by atoms with van der Waals surface area (Å²) >= 11 is 0. The third-order valence-corrected chi connectivity index (χ3v) is 2.44. The highest BCUT2D eigenvalue weighted by atomic mass is 16.2. The smallest absolute Gasteiger partial charge is 0.318 e. The Morgan fingerprint density at radius 2 is 2.46 bits per heavy atom. The van der Waals surface area contributed by atoms with Crippen LogP contribution in [0.2, 0.25) is 0 Å². The second-order valence-corrected chi connectivity index (χ2v) is 3.42. The lowest BCUT2D eigenvalue weighted by Gasteiger charge is -2.27. The molecule has 2 atom stereocenters. The Morgan fingerprint density at radius 3 is 3.08 bits per heavy atom. The predicted octanol–water partition coefficient (Wildman–Crippen LogP) is -0.806. The van der Waals surface area contributed by atoms with Gasteiger partial charge in [0.15, 0.2) is 0 Å². The first kappa shape index (κ1) is 8.10. The van der Waals surface area contributed by atoms with Gasteiger partial charge in [0, 0.05) is 6.54 Å². The number of urea groups is 1. The Bertz CT molecular complexity index is 311. The third-order valence-electron chi connectivity index (χ3n) is 2.44. The van der Waals surface area contributed by atoms with Crippen molar-refractivity contribution in [1.29, 1.82) is 0 Å². The van der Waals surface area contributed by atoms with Gasteiger partial charge in [0.2, 0.25) is 5.91 Å². The first-order valence-electron chi connectivity index (χ1n) is 4.14. The highest BCUT2D eigenvalue weighted by molar-refractivity contribution is 5.90. The maximum absolute atomic E-state index is 11.3. The van der Waals surface area contributed by atoms with Crippen LogP contribution in [0.4, 0.5) is 4.79 Å². The average molecular weight is 181 g/mol. The molecule has 2 aliphatic rings. The minimum absolute atomic E-state index is 0.0445. The zero-order chi connectivity index (χ0) is 9.59. The van der Waals surface area contributed by atoms with Crippen molar-refractivity contribution in [3.63, 3.8) is 0 Å². The Hall–Kier alpha value is -1.52. The van der Waals surface area contributed by atoms with Crippen LogP contribution in [-0.4, -0.2) is 35.5 Å². The Labute approximate surface area is 75.6 Å². The van der Waals surface area contributed by atoms with E-state index in [-0.39, 0.29) is 12.1 Å². The van der Waals surface area contributed by atoms with Crippen LogP contribution in [0.3, 0.4) is 0 Å². The minimum atomic E-state index is -0.557. The zero-order valence-electron chi connectivity index (χ0n) is 7.28. The first-order valence-corrected chi connectivity index (χ1v) is 4.14. The second-order valence-electron chi connectivity index (χ2n) is 3.42. The Kier molecular flexibility index (Phi) is 1.55. The van der Waals surface area contributed by atoms with Gasteiger partial charge < -0.3 is 16.0 Å². The van der Waals surface area contributed by atoms with Crippen LogP contribution < -0.4 is 11.1 Å². The van der Waals surface area contributed by atoms with E-state index in [1.807, 2.05) is 13.0 Å². The summed E-state index contributed by atoms with van der Waals surface area (Å²) in [7, 11) is 0. The number of carbonyl (C=O) groups is 2. The van der Waals surface area contributed by atoms with Crippen molar-refractivity contribution in [3.8, 4) is 0 Å². The van der Waals surface area contributed by atoms with E-state index in [4.69, 9.17) is 5.73 Å². The topological polar surface area (TPSA) is 75.4 Å². The fourth-order valence-corrected chi connectivity index (χ4v) is 1.93. The number of nitrogens with two attached hydrogens (primary N) is 1. The molecule has 0 aliphatic carbocycles. The van der Waals surface area contributed by atoms with Gasteiger partial charge in [-0.2, -0.15) is 0 Å². The summed E-state index contributed by atoms with van der Waals surface area (Å²) < 4.78 is 0. The fraction of sp³-hybridized carbons (Fsp3) is 0.500. The molecule has 3 amide bonds. The van der Waals surface area contributed by atoms with Crippen LogP contribution in [0.15, 0.2) is 11.6 Å². The zero-order valence-corrected chi connectivity index (χ0v) is 7.28. The quantitative estimate of drug-likeness (QED) is 0.519. The van der Waals surface area contributed by atoms with Crippen LogP contribution in [0, 0.1) is 0 Å². The second kappa shape index (κ2) is 2.48. The summed E-state index contributed by atoms with van der Waals surface area (Å²) in [6.07, 6.45) is 1.89. The van der Waals surface area contributed by atoms with Gasteiger partial charge in [-0.05, 0) is 12.5 Å². The number of nitrogens with one attached hydrogen (secondary N) is 1. The monoisotopic (exact) mass is 181 g/mol. The lowest BCUT2D eigenvalue weighted by molar-refractivity contribution is -0.121. The summed E-state index contributed by atoms with van der Waals surface area (Å²) in [5, 5.41) is 2.73. The van der Waals surface area contributed by atoms with Gasteiger partial charge >= 0.3 is 6.03 Å². The Balaban J connectivity index is 2.36. The first-order chi connectivity index (χ1) is 6.09. The van der Waals surface area contributed by atoms with Crippen LogP contribution in [0.5, 0.6) is 0 Å². The molecule has 5 nitrogen and oxygen atoms in total. The molecule has 1 saturated heterocycles. The van der Waals surface area contributed by atoms with Crippen molar-refractivity contribution >= 4 is 11.9 Å². The molecule has 0 spiro atoms. The largest absolute Gasteiger partial charge is 0.368 e. The highest BCUT2D eigenvalue weighted by Gasteiger charge is 2.40. The summed E-state index contributed by atoms with van der Waals surface area (Å²) in [6.45, 7) is 2.36. The predicted molar refractivity (Wildman–Crippen MR) is 45.8 cm³/mol. The Morgan fingerprint density at radius 1 is 1.77 bits per heavy atom. The van der Waals surface area contributed by atoms with E-state index >= 15 is 0 Å². The summed E-state index contributed by atoms with van der Waals surface area (Å²) in [4.78, 5) is 23.8. The van der Waals surface area contributed by atoms with E-state index in [9.17, 15) is 9.59 Å². The van der Waals surface area contributed by atoms with Crippen molar-refractivity contribution in [2.75, 3.05) is 6.54 Å².